The first kappa shape index (κ1) is 19.6. The van der Waals surface area contributed by atoms with Crippen LogP contribution in [0.15, 0.2) is 40.8 Å². The summed E-state index contributed by atoms with van der Waals surface area (Å²) in [6.45, 7) is 2.25. The summed E-state index contributed by atoms with van der Waals surface area (Å²) in [5.74, 6) is 0.942. The molecule has 2 heterocycles. The molecule has 0 spiro atoms. The lowest BCUT2D eigenvalue weighted by atomic mass is 10.1. The van der Waals surface area contributed by atoms with E-state index in [2.05, 4.69) is 0 Å². The standard InChI is InChI=1S/C20H24FNO4S/c1-2-3-4-20(23)22(17-11-12-27(24,25)14-17)13-18-9-10-19(26-18)15-5-7-16(21)8-6-15/h5-10,17H,2-4,11-14H2,1H3. The third-order valence-corrected chi connectivity index (χ3v) is 6.58. The molecule has 0 saturated carbocycles. The number of hydrogen-bond acceptors (Lipinski definition) is 4. The maximum absolute atomic E-state index is 13.1. The van der Waals surface area contributed by atoms with Crippen molar-refractivity contribution < 1.29 is 22.0 Å². The van der Waals surface area contributed by atoms with Crippen LogP contribution in [0.25, 0.3) is 11.3 Å². The van der Waals surface area contributed by atoms with Gasteiger partial charge in [-0.15, -0.1) is 0 Å². The summed E-state index contributed by atoms with van der Waals surface area (Å²) < 4.78 is 42.6. The molecule has 0 radical (unpaired) electrons. The monoisotopic (exact) mass is 393 g/mol. The Labute approximate surface area is 159 Å². The highest BCUT2D eigenvalue weighted by Gasteiger charge is 2.34. The smallest absolute Gasteiger partial charge is 0.223 e. The van der Waals surface area contributed by atoms with Crippen LogP contribution < -0.4 is 0 Å². The second-order valence-electron chi connectivity index (χ2n) is 6.95. The van der Waals surface area contributed by atoms with Gasteiger partial charge in [-0.2, -0.15) is 0 Å². The Balaban J connectivity index is 1.77. The van der Waals surface area contributed by atoms with Crippen molar-refractivity contribution in [3.63, 3.8) is 0 Å². The van der Waals surface area contributed by atoms with Crippen LogP contribution in [0.3, 0.4) is 0 Å². The summed E-state index contributed by atoms with van der Waals surface area (Å²) in [4.78, 5) is 14.3. The minimum absolute atomic E-state index is 0.0103. The summed E-state index contributed by atoms with van der Waals surface area (Å²) >= 11 is 0. The summed E-state index contributed by atoms with van der Waals surface area (Å²) in [6, 6.07) is 9.24. The highest BCUT2D eigenvalue weighted by molar-refractivity contribution is 7.91. The molecule has 1 aliphatic heterocycles. The van der Waals surface area contributed by atoms with Gasteiger partial charge in [-0.1, -0.05) is 13.3 Å². The fourth-order valence-electron chi connectivity index (χ4n) is 3.31. The van der Waals surface area contributed by atoms with Crippen molar-refractivity contribution in [3.05, 3.63) is 48.0 Å². The largest absolute Gasteiger partial charge is 0.459 e. The number of carbonyl (C=O) groups is 1. The van der Waals surface area contributed by atoms with Gasteiger partial charge in [-0.05, 0) is 49.2 Å². The minimum atomic E-state index is -3.09. The van der Waals surface area contributed by atoms with E-state index in [9.17, 15) is 17.6 Å². The SMILES string of the molecule is CCCCC(=O)N(Cc1ccc(-c2ccc(F)cc2)o1)C1CCS(=O)(=O)C1. The van der Waals surface area contributed by atoms with E-state index in [-0.39, 0.29) is 35.8 Å². The van der Waals surface area contributed by atoms with E-state index in [0.717, 1.165) is 18.4 Å². The number of nitrogens with zero attached hydrogens (tertiary/aromatic N) is 1. The fraction of sp³-hybridized carbons (Fsp3) is 0.450. The van der Waals surface area contributed by atoms with Crippen LogP contribution >= 0.6 is 0 Å². The van der Waals surface area contributed by atoms with Crippen molar-refractivity contribution in [2.24, 2.45) is 0 Å². The normalized spacial score (nSPS) is 18.5. The molecular formula is C20H24FNO4S. The molecule has 146 valence electrons. The molecule has 0 aliphatic carbocycles. The van der Waals surface area contributed by atoms with E-state index in [0.29, 0.717) is 24.4 Å². The molecule has 1 saturated heterocycles. The van der Waals surface area contributed by atoms with Crippen LogP contribution in [0.2, 0.25) is 0 Å². The Morgan fingerprint density at radius 2 is 1.96 bits per heavy atom. The van der Waals surface area contributed by atoms with Crippen molar-refractivity contribution in [1.82, 2.24) is 4.90 Å². The molecule has 1 aliphatic rings. The molecule has 1 aromatic heterocycles. The van der Waals surface area contributed by atoms with E-state index in [1.54, 1.807) is 29.2 Å². The average molecular weight is 393 g/mol. The molecule has 1 amide bonds. The number of carbonyl (C=O) groups excluding carboxylic acids is 1. The van der Waals surface area contributed by atoms with Crippen molar-refractivity contribution >= 4 is 15.7 Å². The molecule has 7 heteroatoms. The predicted octanol–water partition coefficient (Wildman–Crippen LogP) is 3.79. The number of benzene rings is 1. The van der Waals surface area contributed by atoms with Crippen LogP contribution in [0, 0.1) is 5.82 Å². The highest BCUT2D eigenvalue weighted by Crippen LogP contribution is 2.26. The number of halogens is 1. The van der Waals surface area contributed by atoms with Gasteiger partial charge in [-0.3, -0.25) is 4.79 Å². The fourth-order valence-corrected chi connectivity index (χ4v) is 5.04. The molecule has 1 atom stereocenters. The Morgan fingerprint density at radius 3 is 2.59 bits per heavy atom. The molecule has 3 rings (SSSR count). The zero-order chi connectivity index (χ0) is 19.4. The van der Waals surface area contributed by atoms with E-state index >= 15 is 0 Å². The number of rotatable bonds is 7. The van der Waals surface area contributed by atoms with Gasteiger partial charge in [0, 0.05) is 18.0 Å². The lowest BCUT2D eigenvalue weighted by Gasteiger charge is -2.27. The van der Waals surface area contributed by atoms with Crippen molar-refractivity contribution in [2.75, 3.05) is 11.5 Å². The Kier molecular flexibility index (Phi) is 5.99. The van der Waals surface area contributed by atoms with Gasteiger partial charge in [0.15, 0.2) is 9.84 Å². The van der Waals surface area contributed by atoms with Gasteiger partial charge >= 0.3 is 0 Å². The van der Waals surface area contributed by atoms with Crippen molar-refractivity contribution in [2.45, 2.75) is 45.2 Å². The van der Waals surface area contributed by atoms with Crippen LogP contribution in [-0.4, -0.2) is 36.8 Å². The Morgan fingerprint density at radius 1 is 1.22 bits per heavy atom. The van der Waals surface area contributed by atoms with E-state index in [1.165, 1.54) is 12.1 Å². The van der Waals surface area contributed by atoms with Gasteiger partial charge in [0.1, 0.15) is 17.3 Å². The third kappa shape index (κ3) is 4.97. The van der Waals surface area contributed by atoms with Gasteiger partial charge < -0.3 is 9.32 Å². The first-order valence-corrected chi connectivity index (χ1v) is 11.0. The molecule has 1 aromatic carbocycles. The highest BCUT2D eigenvalue weighted by atomic mass is 32.2. The molecule has 27 heavy (non-hydrogen) atoms. The molecular weight excluding hydrogens is 369 g/mol. The van der Waals surface area contributed by atoms with Crippen LogP contribution in [-0.2, 0) is 21.2 Å². The van der Waals surface area contributed by atoms with Crippen LogP contribution in [0.5, 0.6) is 0 Å². The minimum Gasteiger partial charge on any atom is -0.459 e. The number of furan rings is 1. The third-order valence-electron chi connectivity index (χ3n) is 4.83. The Bertz CT molecular complexity index is 889. The van der Waals surface area contributed by atoms with Crippen molar-refractivity contribution in [3.8, 4) is 11.3 Å². The number of hydrogen-bond donors (Lipinski definition) is 0. The molecule has 2 aromatic rings. The molecule has 0 bridgehead atoms. The number of amides is 1. The summed E-state index contributed by atoms with van der Waals surface area (Å²) in [5.41, 5.74) is 0.745. The van der Waals surface area contributed by atoms with Gasteiger partial charge in [0.05, 0.1) is 18.1 Å². The summed E-state index contributed by atoms with van der Waals surface area (Å²) in [5, 5.41) is 0. The lowest BCUT2D eigenvalue weighted by Crippen LogP contribution is -2.40. The van der Waals surface area contributed by atoms with Gasteiger partial charge in [0.25, 0.3) is 0 Å². The summed E-state index contributed by atoms with van der Waals surface area (Å²) in [7, 11) is -3.09. The van der Waals surface area contributed by atoms with Crippen LogP contribution in [0.1, 0.15) is 38.4 Å². The average Bonchev–Trinajstić information content (AvgIpc) is 3.24. The van der Waals surface area contributed by atoms with Gasteiger partial charge in [0.2, 0.25) is 5.91 Å². The van der Waals surface area contributed by atoms with E-state index in [1.807, 2.05) is 6.92 Å². The lowest BCUT2D eigenvalue weighted by molar-refractivity contribution is -0.134. The van der Waals surface area contributed by atoms with Crippen LogP contribution in [0.4, 0.5) is 4.39 Å². The zero-order valence-corrected chi connectivity index (χ0v) is 16.2. The molecule has 5 nitrogen and oxygen atoms in total. The molecule has 0 N–H and O–H groups in total. The number of unbranched alkanes of at least 4 members (excludes halogenated alkanes) is 1. The predicted molar refractivity (Wildman–Crippen MR) is 101 cm³/mol. The second kappa shape index (κ2) is 8.25. The first-order chi connectivity index (χ1) is 12.9. The topological polar surface area (TPSA) is 67.6 Å². The van der Waals surface area contributed by atoms with E-state index in [4.69, 9.17) is 4.42 Å². The van der Waals surface area contributed by atoms with Gasteiger partial charge in [-0.25, -0.2) is 12.8 Å². The van der Waals surface area contributed by atoms with E-state index < -0.39 is 9.84 Å². The number of sulfone groups is 1. The Hall–Kier alpha value is -2.15. The zero-order valence-electron chi connectivity index (χ0n) is 15.4. The maximum atomic E-state index is 13.1. The molecule has 1 unspecified atom stereocenters. The second-order valence-corrected chi connectivity index (χ2v) is 9.18. The molecule has 1 fully saturated rings. The van der Waals surface area contributed by atoms with Crippen molar-refractivity contribution in [1.29, 1.82) is 0 Å². The summed E-state index contributed by atoms with van der Waals surface area (Å²) in [6.07, 6.45) is 2.54. The first-order valence-electron chi connectivity index (χ1n) is 9.22. The quantitative estimate of drug-likeness (QED) is 0.718. The maximum Gasteiger partial charge on any atom is 0.223 e.